The molecule has 5 unspecified atom stereocenters. The summed E-state index contributed by atoms with van der Waals surface area (Å²) in [5.41, 5.74) is 6.05. The topological polar surface area (TPSA) is 86.1 Å². The number of piperazine rings is 1. The van der Waals surface area contributed by atoms with E-state index in [0.29, 0.717) is 43.0 Å². The number of nitrogens with one attached hydrogen (secondary N) is 3. The number of imidazole rings is 1. The van der Waals surface area contributed by atoms with E-state index in [0.717, 1.165) is 45.2 Å². The van der Waals surface area contributed by atoms with E-state index in [1.165, 1.54) is 35.9 Å². The molecule has 7 rings (SSSR count). The standard InChI is InChI=1S/C32H46F3N7O2/c1-19(43)23-10-24-15-40(16-25(11-23)37-24)13-20-9-27(32(33,34)35)28-17-41(31(44)42(28)14-20)26-8-4-7-22(12-26)29(21-5-3-6-21)30-38-36-18-39(30)2/h9,14,17,21-26,29-30,36-38H,3-8,10-13,15-16,18H2,1-2H3/t22?,23?,24?,25?,26?,29-,30?/m1/s1. The average Bonchev–Trinajstić information content (AvgIpc) is 3.51. The smallest absolute Gasteiger partial charge is 0.309 e. The van der Waals surface area contributed by atoms with Crippen LogP contribution in [0.2, 0.25) is 0 Å². The minimum Gasteiger partial charge on any atom is -0.309 e. The van der Waals surface area contributed by atoms with Gasteiger partial charge < -0.3 is 5.32 Å². The molecule has 2 aromatic heterocycles. The van der Waals surface area contributed by atoms with Crippen LogP contribution >= 0.6 is 0 Å². The molecule has 12 heteroatoms. The largest absolute Gasteiger partial charge is 0.418 e. The third-order valence-electron chi connectivity index (χ3n) is 11.4. The SMILES string of the molecule is CC(=O)C1CC2CN(Cc3cc(C(F)(F)F)c4cn(C5CCCC([C@@H](C6CCC6)C6NNCN6C)C5)c(=O)n4c3)CC(C1)N2. The summed E-state index contributed by atoms with van der Waals surface area (Å²) in [5, 5.41) is 3.57. The number of hydrogen-bond acceptors (Lipinski definition) is 7. The number of Topliss-reactive ketones (excluding diaryl/α,β-unsaturated/α-hetero) is 1. The van der Waals surface area contributed by atoms with Crippen LogP contribution in [-0.2, 0) is 17.5 Å². The van der Waals surface area contributed by atoms with E-state index in [1.54, 1.807) is 17.7 Å². The molecule has 2 aromatic rings. The van der Waals surface area contributed by atoms with Crippen molar-refractivity contribution in [3.05, 3.63) is 40.1 Å². The molecule has 242 valence electrons. The van der Waals surface area contributed by atoms with Gasteiger partial charge >= 0.3 is 11.9 Å². The second-order valence-electron chi connectivity index (χ2n) is 14.4. The monoisotopic (exact) mass is 617 g/mol. The van der Waals surface area contributed by atoms with Gasteiger partial charge in [-0.05, 0) is 75.5 Å². The predicted molar refractivity (Wildman–Crippen MR) is 161 cm³/mol. The van der Waals surface area contributed by atoms with Crippen molar-refractivity contribution in [2.75, 3.05) is 26.8 Å². The van der Waals surface area contributed by atoms with Gasteiger partial charge in [0.25, 0.3) is 0 Å². The van der Waals surface area contributed by atoms with Crippen LogP contribution in [0.3, 0.4) is 0 Å². The Kier molecular flexibility index (Phi) is 8.18. The van der Waals surface area contributed by atoms with Gasteiger partial charge in [0, 0.05) is 56.1 Å². The zero-order chi connectivity index (χ0) is 30.7. The molecule has 44 heavy (non-hydrogen) atoms. The zero-order valence-electron chi connectivity index (χ0n) is 25.8. The van der Waals surface area contributed by atoms with Gasteiger partial charge in [-0.25, -0.2) is 15.6 Å². The van der Waals surface area contributed by atoms with E-state index in [1.807, 2.05) is 0 Å². The molecule has 3 saturated heterocycles. The number of likely N-dealkylation sites (tertiary alicyclic amines) is 1. The second kappa shape index (κ2) is 11.8. The molecule has 5 fully saturated rings. The summed E-state index contributed by atoms with van der Waals surface area (Å²) in [5.74, 6) is 1.75. The molecule has 9 nitrogen and oxygen atoms in total. The molecule has 2 saturated carbocycles. The van der Waals surface area contributed by atoms with Crippen molar-refractivity contribution >= 4 is 11.3 Å². The first-order chi connectivity index (χ1) is 21.0. The Morgan fingerprint density at radius 3 is 2.34 bits per heavy atom. The lowest BCUT2D eigenvalue weighted by molar-refractivity contribution is -0.136. The van der Waals surface area contributed by atoms with E-state index in [4.69, 9.17) is 0 Å². The Labute approximate surface area is 256 Å². The Morgan fingerprint density at radius 2 is 1.73 bits per heavy atom. The number of carbonyl (C=O) groups is 1. The minimum atomic E-state index is -4.58. The van der Waals surface area contributed by atoms with Gasteiger partial charge in [0.1, 0.15) is 5.78 Å². The number of piperidine rings is 1. The number of hydrogen-bond donors (Lipinski definition) is 3. The van der Waals surface area contributed by atoms with Gasteiger partial charge in [-0.15, -0.1) is 0 Å². The molecular formula is C32H46F3N7O2. The lowest BCUT2D eigenvalue weighted by Crippen LogP contribution is -2.60. The van der Waals surface area contributed by atoms with E-state index in [2.05, 4.69) is 33.0 Å². The molecule has 0 aromatic carbocycles. The lowest BCUT2D eigenvalue weighted by Gasteiger charge is -2.46. The van der Waals surface area contributed by atoms with E-state index < -0.39 is 11.7 Å². The maximum atomic E-state index is 14.5. The van der Waals surface area contributed by atoms with Gasteiger partial charge in [0.2, 0.25) is 0 Å². The molecule has 3 aliphatic heterocycles. The van der Waals surface area contributed by atoms with Gasteiger partial charge in [-0.3, -0.25) is 23.6 Å². The molecule has 0 amide bonds. The Balaban J connectivity index is 1.15. The number of halogens is 3. The van der Waals surface area contributed by atoms with Crippen LogP contribution in [0.1, 0.15) is 81.9 Å². The summed E-state index contributed by atoms with van der Waals surface area (Å²) in [6.45, 7) is 4.10. The first-order valence-electron chi connectivity index (χ1n) is 16.6. The molecule has 3 N–H and O–H groups in total. The Bertz CT molecular complexity index is 1420. The zero-order valence-corrected chi connectivity index (χ0v) is 25.8. The van der Waals surface area contributed by atoms with Crippen LogP contribution in [0.4, 0.5) is 13.2 Å². The fourth-order valence-electron chi connectivity index (χ4n) is 9.16. The molecule has 5 aliphatic rings. The van der Waals surface area contributed by atoms with Gasteiger partial charge in [-0.2, -0.15) is 13.2 Å². The van der Waals surface area contributed by atoms with Crippen molar-refractivity contribution in [3.8, 4) is 0 Å². The number of rotatable bonds is 7. The van der Waals surface area contributed by atoms with Crippen molar-refractivity contribution < 1.29 is 18.0 Å². The molecule has 0 radical (unpaired) electrons. The normalized spacial score (nSPS) is 33.0. The average molecular weight is 618 g/mol. The molecule has 6 atom stereocenters. The van der Waals surface area contributed by atoms with Crippen molar-refractivity contribution in [2.45, 2.75) is 102 Å². The highest BCUT2D eigenvalue weighted by molar-refractivity contribution is 5.78. The lowest BCUT2D eigenvalue weighted by atomic mass is 9.65. The highest BCUT2D eigenvalue weighted by atomic mass is 19.4. The number of aromatic nitrogens is 2. The summed E-state index contributed by atoms with van der Waals surface area (Å²) in [6.07, 6.45) is 7.61. The molecule has 0 spiro atoms. The molecule has 2 bridgehead atoms. The van der Waals surface area contributed by atoms with E-state index >= 15 is 0 Å². The Hall–Kier alpha value is -2.25. The highest BCUT2D eigenvalue weighted by Crippen LogP contribution is 2.47. The third-order valence-corrected chi connectivity index (χ3v) is 11.4. The fourth-order valence-corrected chi connectivity index (χ4v) is 9.16. The maximum Gasteiger partial charge on any atom is 0.418 e. The van der Waals surface area contributed by atoms with Gasteiger partial charge in [0.05, 0.1) is 23.9 Å². The van der Waals surface area contributed by atoms with Crippen LogP contribution < -0.4 is 21.9 Å². The molecule has 5 heterocycles. The van der Waals surface area contributed by atoms with E-state index in [9.17, 15) is 22.8 Å². The van der Waals surface area contributed by atoms with Crippen molar-refractivity contribution in [3.63, 3.8) is 0 Å². The van der Waals surface area contributed by atoms with Gasteiger partial charge in [-0.1, -0.05) is 25.7 Å². The number of ketones is 1. The maximum absolute atomic E-state index is 14.5. The summed E-state index contributed by atoms with van der Waals surface area (Å²) >= 11 is 0. The van der Waals surface area contributed by atoms with Crippen LogP contribution in [0.15, 0.2) is 23.3 Å². The van der Waals surface area contributed by atoms with Crippen molar-refractivity contribution in [2.24, 2.45) is 23.7 Å². The molecular weight excluding hydrogens is 571 g/mol. The van der Waals surface area contributed by atoms with Crippen molar-refractivity contribution in [1.29, 1.82) is 0 Å². The minimum absolute atomic E-state index is 0.0512. The second-order valence-corrected chi connectivity index (χ2v) is 14.4. The number of carbonyl (C=O) groups excluding carboxylic acids is 1. The van der Waals surface area contributed by atoms with Crippen LogP contribution in [-0.4, -0.2) is 69.6 Å². The third kappa shape index (κ3) is 5.77. The highest BCUT2D eigenvalue weighted by Gasteiger charge is 2.44. The first kappa shape index (κ1) is 30.4. The molecule has 2 aliphatic carbocycles. The van der Waals surface area contributed by atoms with Crippen LogP contribution in [0.5, 0.6) is 0 Å². The number of hydrazine groups is 1. The summed E-state index contributed by atoms with van der Waals surface area (Å²) < 4.78 is 46.3. The number of alkyl halides is 3. The van der Waals surface area contributed by atoms with Crippen LogP contribution in [0.25, 0.3) is 5.52 Å². The van der Waals surface area contributed by atoms with Crippen molar-refractivity contribution in [1.82, 2.24) is 34.9 Å². The number of pyridine rings is 1. The summed E-state index contributed by atoms with van der Waals surface area (Å²) in [6, 6.07) is 1.41. The fraction of sp³-hybridized carbons (Fsp3) is 0.750. The van der Waals surface area contributed by atoms with Gasteiger partial charge in [0.15, 0.2) is 0 Å². The summed E-state index contributed by atoms with van der Waals surface area (Å²) in [7, 11) is 2.13. The Morgan fingerprint density at radius 1 is 1.02 bits per heavy atom. The summed E-state index contributed by atoms with van der Waals surface area (Å²) in [4.78, 5) is 30.3. The first-order valence-corrected chi connectivity index (χ1v) is 16.6. The predicted octanol–water partition coefficient (Wildman–Crippen LogP) is 3.73. The number of nitrogens with zero attached hydrogens (tertiary/aromatic N) is 4. The quantitative estimate of drug-likeness (QED) is 0.437. The van der Waals surface area contributed by atoms with E-state index in [-0.39, 0.29) is 47.2 Å². The number of fused-ring (bicyclic) bond motifs is 3. The van der Waals surface area contributed by atoms with Crippen LogP contribution in [0, 0.1) is 23.7 Å².